The predicted octanol–water partition coefficient (Wildman–Crippen LogP) is 3.10. The van der Waals surface area contributed by atoms with Gasteiger partial charge in [0.05, 0.1) is 11.3 Å². The standard InChI is InChI=1S/C20H25N3O3S2/c1-21-28(25,26)14-16-10-8-15(9-11-16)13-23-19(24)18-7-4-12-22-20(18)27-17-5-2-3-6-17/h4,7-12,17,21H,2-3,5-6,13-14H2,1H3,(H,23,24). The first kappa shape index (κ1) is 20.8. The second kappa shape index (κ2) is 9.54. The molecule has 28 heavy (non-hydrogen) atoms. The zero-order valence-corrected chi connectivity index (χ0v) is 17.5. The number of rotatable bonds is 8. The molecule has 1 heterocycles. The molecule has 0 unspecified atom stereocenters. The van der Waals surface area contributed by atoms with E-state index in [2.05, 4.69) is 15.0 Å². The highest BCUT2D eigenvalue weighted by molar-refractivity contribution is 7.99. The summed E-state index contributed by atoms with van der Waals surface area (Å²) in [6.45, 7) is 0.375. The van der Waals surface area contributed by atoms with Gasteiger partial charge in [0.1, 0.15) is 5.03 Å². The Kier molecular flexibility index (Phi) is 7.09. The highest BCUT2D eigenvalue weighted by atomic mass is 32.2. The van der Waals surface area contributed by atoms with Crippen molar-refractivity contribution in [3.05, 3.63) is 59.3 Å². The van der Waals surface area contributed by atoms with Gasteiger partial charge in [-0.25, -0.2) is 18.1 Å². The Morgan fingerprint density at radius 3 is 2.50 bits per heavy atom. The van der Waals surface area contributed by atoms with Crippen molar-refractivity contribution in [1.82, 2.24) is 15.0 Å². The van der Waals surface area contributed by atoms with Gasteiger partial charge in [-0.3, -0.25) is 4.79 Å². The summed E-state index contributed by atoms with van der Waals surface area (Å²) in [5.41, 5.74) is 2.22. The average Bonchev–Trinajstić information content (AvgIpc) is 3.20. The minimum Gasteiger partial charge on any atom is -0.348 e. The first-order valence-electron chi connectivity index (χ1n) is 9.36. The molecule has 2 N–H and O–H groups in total. The summed E-state index contributed by atoms with van der Waals surface area (Å²) >= 11 is 1.70. The summed E-state index contributed by atoms with van der Waals surface area (Å²) < 4.78 is 25.5. The van der Waals surface area contributed by atoms with E-state index in [-0.39, 0.29) is 11.7 Å². The van der Waals surface area contributed by atoms with E-state index in [4.69, 9.17) is 0 Å². The second-order valence-corrected chi connectivity index (χ2v) is 10.1. The van der Waals surface area contributed by atoms with Crippen molar-refractivity contribution < 1.29 is 13.2 Å². The number of carbonyl (C=O) groups excluding carboxylic acids is 1. The van der Waals surface area contributed by atoms with Crippen LogP contribution in [0, 0.1) is 0 Å². The van der Waals surface area contributed by atoms with Crippen LogP contribution < -0.4 is 10.0 Å². The lowest BCUT2D eigenvalue weighted by molar-refractivity contribution is 0.0947. The van der Waals surface area contributed by atoms with Crippen molar-refractivity contribution in [2.24, 2.45) is 0 Å². The van der Waals surface area contributed by atoms with E-state index in [0.717, 1.165) is 10.6 Å². The normalized spacial score (nSPS) is 14.9. The highest BCUT2D eigenvalue weighted by Crippen LogP contribution is 2.35. The van der Waals surface area contributed by atoms with Crippen molar-refractivity contribution >= 4 is 27.7 Å². The quantitative estimate of drug-likeness (QED) is 0.686. The molecule has 1 amide bonds. The number of thioether (sulfide) groups is 1. The van der Waals surface area contributed by atoms with Crippen molar-refractivity contribution in [3.8, 4) is 0 Å². The van der Waals surface area contributed by atoms with E-state index in [9.17, 15) is 13.2 Å². The largest absolute Gasteiger partial charge is 0.348 e. The molecule has 6 nitrogen and oxygen atoms in total. The molecule has 1 aliphatic rings. The monoisotopic (exact) mass is 419 g/mol. The van der Waals surface area contributed by atoms with Gasteiger partial charge in [0, 0.05) is 18.0 Å². The van der Waals surface area contributed by atoms with Gasteiger partial charge in [0.2, 0.25) is 10.0 Å². The van der Waals surface area contributed by atoms with E-state index < -0.39 is 10.0 Å². The lowest BCUT2D eigenvalue weighted by Crippen LogP contribution is -2.24. The highest BCUT2D eigenvalue weighted by Gasteiger charge is 2.20. The number of carbonyl (C=O) groups is 1. The Bertz CT molecular complexity index is 909. The fourth-order valence-corrected chi connectivity index (χ4v) is 5.21. The van der Waals surface area contributed by atoms with Gasteiger partial charge in [0.15, 0.2) is 0 Å². The third-order valence-electron chi connectivity index (χ3n) is 4.74. The van der Waals surface area contributed by atoms with Crippen LogP contribution in [0.5, 0.6) is 0 Å². The van der Waals surface area contributed by atoms with E-state index >= 15 is 0 Å². The number of pyridine rings is 1. The fourth-order valence-electron chi connectivity index (χ4n) is 3.14. The summed E-state index contributed by atoms with van der Waals surface area (Å²) in [6, 6.07) is 10.8. The summed E-state index contributed by atoms with van der Waals surface area (Å²) in [7, 11) is -1.89. The summed E-state index contributed by atoms with van der Waals surface area (Å²) in [5, 5.41) is 4.27. The van der Waals surface area contributed by atoms with Crippen LogP contribution in [0.3, 0.4) is 0 Å². The van der Waals surface area contributed by atoms with Gasteiger partial charge in [0.25, 0.3) is 5.91 Å². The minimum absolute atomic E-state index is 0.0619. The predicted molar refractivity (Wildman–Crippen MR) is 112 cm³/mol. The van der Waals surface area contributed by atoms with Crippen molar-refractivity contribution in [2.75, 3.05) is 7.05 Å². The first-order valence-corrected chi connectivity index (χ1v) is 11.9. The number of nitrogens with one attached hydrogen (secondary N) is 2. The molecular weight excluding hydrogens is 394 g/mol. The summed E-state index contributed by atoms with van der Waals surface area (Å²) in [4.78, 5) is 17.1. The molecule has 1 fully saturated rings. The molecule has 0 saturated heterocycles. The molecule has 0 atom stereocenters. The summed E-state index contributed by atoms with van der Waals surface area (Å²) in [6.07, 6.45) is 6.58. The van der Waals surface area contributed by atoms with Crippen molar-refractivity contribution in [2.45, 2.75) is 48.3 Å². The van der Waals surface area contributed by atoms with Crippen LogP contribution in [-0.4, -0.2) is 31.6 Å². The van der Waals surface area contributed by atoms with Gasteiger partial charge in [-0.1, -0.05) is 37.1 Å². The number of nitrogens with zero attached hydrogens (tertiary/aromatic N) is 1. The van der Waals surface area contributed by atoms with Crippen LogP contribution in [0.4, 0.5) is 0 Å². The molecule has 0 spiro atoms. The van der Waals surface area contributed by atoms with Crippen LogP contribution in [-0.2, 0) is 22.3 Å². The van der Waals surface area contributed by atoms with E-state index in [1.54, 1.807) is 36.2 Å². The van der Waals surface area contributed by atoms with Gasteiger partial charge >= 0.3 is 0 Å². The van der Waals surface area contributed by atoms with Crippen molar-refractivity contribution in [1.29, 1.82) is 0 Å². The lowest BCUT2D eigenvalue weighted by Gasteiger charge is -2.12. The number of hydrogen-bond donors (Lipinski definition) is 2. The van der Waals surface area contributed by atoms with Crippen LogP contribution in [0.25, 0.3) is 0 Å². The zero-order chi connectivity index (χ0) is 20.0. The molecule has 1 aromatic heterocycles. The first-order chi connectivity index (χ1) is 13.5. The third-order valence-corrected chi connectivity index (χ3v) is 7.43. The maximum absolute atomic E-state index is 12.7. The van der Waals surface area contributed by atoms with Crippen molar-refractivity contribution in [3.63, 3.8) is 0 Å². The van der Waals surface area contributed by atoms with Crippen LogP contribution >= 0.6 is 11.8 Å². The second-order valence-electron chi connectivity index (χ2n) is 6.84. The molecule has 0 aliphatic heterocycles. The Balaban J connectivity index is 1.60. The molecule has 150 valence electrons. The van der Waals surface area contributed by atoms with Gasteiger partial charge < -0.3 is 5.32 Å². The Morgan fingerprint density at radius 1 is 1.14 bits per heavy atom. The molecule has 8 heteroatoms. The molecular formula is C20H25N3O3S2. The zero-order valence-electron chi connectivity index (χ0n) is 15.8. The molecule has 1 aliphatic carbocycles. The number of amides is 1. The topological polar surface area (TPSA) is 88.2 Å². The number of aromatic nitrogens is 1. The van der Waals surface area contributed by atoms with Crippen LogP contribution in [0.1, 0.15) is 47.2 Å². The molecule has 3 rings (SSSR count). The Labute approximate surface area is 170 Å². The van der Waals surface area contributed by atoms with Gasteiger partial charge in [-0.2, -0.15) is 0 Å². The van der Waals surface area contributed by atoms with E-state index in [1.165, 1.54) is 32.7 Å². The number of sulfonamides is 1. The molecule has 1 aromatic carbocycles. The maximum Gasteiger partial charge on any atom is 0.254 e. The number of benzene rings is 1. The SMILES string of the molecule is CNS(=O)(=O)Cc1ccc(CNC(=O)c2cccnc2SC2CCCC2)cc1. The smallest absolute Gasteiger partial charge is 0.254 e. The molecule has 0 bridgehead atoms. The summed E-state index contributed by atoms with van der Waals surface area (Å²) in [5.74, 6) is -0.205. The van der Waals surface area contributed by atoms with E-state index in [0.29, 0.717) is 22.9 Å². The van der Waals surface area contributed by atoms with Crippen LogP contribution in [0.2, 0.25) is 0 Å². The van der Waals surface area contributed by atoms with Crippen LogP contribution in [0.15, 0.2) is 47.6 Å². The minimum atomic E-state index is -3.29. The van der Waals surface area contributed by atoms with Gasteiger partial charge in [-0.15, -0.1) is 11.8 Å². The fraction of sp³-hybridized carbons (Fsp3) is 0.400. The number of hydrogen-bond acceptors (Lipinski definition) is 5. The lowest BCUT2D eigenvalue weighted by atomic mass is 10.1. The molecule has 2 aromatic rings. The van der Waals surface area contributed by atoms with E-state index in [1.807, 2.05) is 18.2 Å². The molecule has 0 radical (unpaired) electrons. The maximum atomic E-state index is 12.7. The molecule has 1 saturated carbocycles. The average molecular weight is 420 g/mol. The van der Waals surface area contributed by atoms with Gasteiger partial charge in [-0.05, 0) is 43.1 Å². The third kappa shape index (κ3) is 5.80. The Hall–Kier alpha value is -1.90. The Morgan fingerprint density at radius 2 is 1.82 bits per heavy atom.